The van der Waals surface area contributed by atoms with Gasteiger partial charge in [-0.05, 0) is 36.4 Å². The van der Waals surface area contributed by atoms with Crippen molar-refractivity contribution in [2.75, 3.05) is 5.32 Å². The molecule has 1 atom stereocenters. The summed E-state index contributed by atoms with van der Waals surface area (Å²) in [5.41, 5.74) is -0.420. The second-order valence-corrected chi connectivity index (χ2v) is 5.90. The number of halogens is 5. The molecular weight excluding hydrogens is 376 g/mol. The van der Waals surface area contributed by atoms with Crippen LogP contribution in [-0.4, -0.2) is 17.7 Å². The van der Waals surface area contributed by atoms with Crippen molar-refractivity contribution in [1.82, 2.24) is 0 Å². The average Bonchev–Trinajstić information content (AvgIpc) is 3.04. The molecule has 3 rings (SSSR count). The van der Waals surface area contributed by atoms with E-state index in [0.29, 0.717) is 0 Å². The van der Waals surface area contributed by atoms with E-state index in [2.05, 4.69) is 10.5 Å². The van der Waals surface area contributed by atoms with Crippen LogP contribution in [0.4, 0.5) is 23.2 Å². The minimum absolute atomic E-state index is 0.0207. The largest absolute Gasteiger partial charge is 0.416 e. The molecule has 1 unspecified atom stereocenters. The van der Waals surface area contributed by atoms with Crippen LogP contribution >= 0.6 is 11.6 Å². The van der Waals surface area contributed by atoms with Gasteiger partial charge < -0.3 is 10.2 Å². The van der Waals surface area contributed by atoms with Gasteiger partial charge >= 0.3 is 6.18 Å². The molecule has 0 fully saturated rings. The number of alkyl halides is 3. The first-order valence-corrected chi connectivity index (χ1v) is 7.78. The number of nitrogens with one attached hydrogen (secondary N) is 1. The van der Waals surface area contributed by atoms with Gasteiger partial charge in [-0.15, -0.1) is 0 Å². The zero-order chi connectivity index (χ0) is 18.9. The summed E-state index contributed by atoms with van der Waals surface area (Å²) in [6, 6.07) is 8.10. The first-order chi connectivity index (χ1) is 12.3. The second kappa shape index (κ2) is 6.95. The van der Waals surface area contributed by atoms with Gasteiger partial charge in [0.15, 0.2) is 0 Å². The summed E-state index contributed by atoms with van der Waals surface area (Å²) >= 11 is 5.95. The summed E-state index contributed by atoms with van der Waals surface area (Å²) in [5, 5.41) is 6.27. The van der Waals surface area contributed by atoms with Crippen molar-refractivity contribution in [3.63, 3.8) is 0 Å². The molecule has 1 aliphatic rings. The van der Waals surface area contributed by atoms with Gasteiger partial charge in [-0.3, -0.25) is 4.79 Å². The number of hydrogen-bond donors (Lipinski definition) is 1. The number of carbonyl (C=O) groups is 1. The number of nitrogens with zero attached hydrogens (tertiary/aromatic N) is 1. The van der Waals surface area contributed by atoms with Crippen LogP contribution in [0.3, 0.4) is 0 Å². The molecule has 9 heteroatoms. The quantitative estimate of drug-likeness (QED) is 0.782. The van der Waals surface area contributed by atoms with Crippen LogP contribution in [-0.2, 0) is 15.8 Å². The Labute approximate surface area is 150 Å². The highest BCUT2D eigenvalue weighted by Gasteiger charge is 2.32. The standard InChI is InChI=1S/C17H11ClF4N2O2/c18-11-2-1-3-12(19)15(11)13-8-14(26-24-13)16(25)23-10-6-4-9(5-7-10)17(20,21)22/h1-7,14H,8H2,(H,23,25). The fraction of sp³-hybridized carbons (Fsp3) is 0.176. The third-order valence-electron chi connectivity index (χ3n) is 3.69. The van der Waals surface area contributed by atoms with Crippen molar-refractivity contribution in [3.8, 4) is 0 Å². The zero-order valence-corrected chi connectivity index (χ0v) is 13.7. The number of oxime groups is 1. The van der Waals surface area contributed by atoms with Gasteiger partial charge in [0, 0.05) is 12.1 Å². The Morgan fingerprint density at radius 2 is 1.88 bits per heavy atom. The number of amides is 1. The molecule has 1 heterocycles. The van der Waals surface area contributed by atoms with Gasteiger partial charge in [0.25, 0.3) is 5.91 Å². The fourth-order valence-electron chi connectivity index (χ4n) is 2.40. The van der Waals surface area contributed by atoms with Crippen molar-refractivity contribution in [2.24, 2.45) is 5.16 Å². The van der Waals surface area contributed by atoms with E-state index >= 15 is 0 Å². The molecule has 26 heavy (non-hydrogen) atoms. The Morgan fingerprint density at radius 3 is 2.50 bits per heavy atom. The molecule has 0 bridgehead atoms. The molecule has 2 aromatic rings. The Bertz CT molecular complexity index is 846. The van der Waals surface area contributed by atoms with Crippen LogP contribution in [0.25, 0.3) is 0 Å². The predicted octanol–water partition coefficient (Wildman–Crippen LogP) is 4.63. The van der Waals surface area contributed by atoms with E-state index in [9.17, 15) is 22.4 Å². The summed E-state index contributed by atoms with van der Waals surface area (Å²) in [6.07, 6.45) is -5.52. The maximum absolute atomic E-state index is 13.9. The van der Waals surface area contributed by atoms with Crippen LogP contribution < -0.4 is 5.32 Å². The zero-order valence-electron chi connectivity index (χ0n) is 13.0. The van der Waals surface area contributed by atoms with Gasteiger partial charge in [0.05, 0.1) is 21.9 Å². The van der Waals surface area contributed by atoms with Crippen LogP contribution in [0.5, 0.6) is 0 Å². The number of anilines is 1. The summed E-state index contributed by atoms with van der Waals surface area (Å²) in [5.74, 6) is -1.21. The lowest BCUT2D eigenvalue weighted by Gasteiger charge is -2.11. The van der Waals surface area contributed by atoms with Crippen molar-refractivity contribution >= 4 is 28.9 Å². The van der Waals surface area contributed by atoms with E-state index in [1.807, 2.05) is 0 Å². The summed E-state index contributed by atoms with van der Waals surface area (Å²) in [6.45, 7) is 0. The molecule has 136 valence electrons. The third-order valence-corrected chi connectivity index (χ3v) is 4.01. The lowest BCUT2D eigenvalue weighted by atomic mass is 10.0. The number of benzene rings is 2. The van der Waals surface area contributed by atoms with Crippen LogP contribution in [0.2, 0.25) is 5.02 Å². The smallest absolute Gasteiger partial charge is 0.382 e. The normalized spacial score (nSPS) is 16.8. The first-order valence-electron chi connectivity index (χ1n) is 7.41. The molecule has 0 spiro atoms. The van der Waals surface area contributed by atoms with E-state index in [0.717, 1.165) is 24.3 Å². The number of carbonyl (C=O) groups excluding carboxylic acids is 1. The molecule has 0 saturated heterocycles. The minimum atomic E-state index is -4.46. The Balaban J connectivity index is 1.66. The predicted molar refractivity (Wildman–Crippen MR) is 87.5 cm³/mol. The summed E-state index contributed by atoms with van der Waals surface area (Å²) in [4.78, 5) is 17.2. The van der Waals surface area contributed by atoms with E-state index < -0.39 is 29.6 Å². The fourth-order valence-corrected chi connectivity index (χ4v) is 2.68. The van der Waals surface area contributed by atoms with Gasteiger partial charge in [-0.1, -0.05) is 22.8 Å². The molecule has 1 N–H and O–H groups in total. The maximum Gasteiger partial charge on any atom is 0.416 e. The Kier molecular flexibility index (Phi) is 4.86. The first kappa shape index (κ1) is 18.2. The Hall–Kier alpha value is -2.61. The molecule has 1 amide bonds. The molecule has 0 radical (unpaired) electrons. The SMILES string of the molecule is O=C(Nc1ccc(C(F)(F)F)cc1)C1CC(c2c(F)cccc2Cl)=NO1. The van der Waals surface area contributed by atoms with Crippen LogP contribution in [0, 0.1) is 5.82 Å². The van der Waals surface area contributed by atoms with Gasteiger partial charge in [-0.25, -0.2) is 4.39 Å². The molecule has 1 aliphatic heterocycles. The van der Waals surface area contributed by atoms with Gasteiger partial charge in [0.1, 0.15) is 5.82 Å². The average molecular weight is 387 g/mol. The van der Waals surface area contributed by atoms with E-state index in [4.69, 9.17) is 16.4 Å². The molecule has 0 aliphatic carbocycles. The topological polar surface area (TPSA) is 50.7 Å². The minimum Gasteiger partial charge on any atom is -0.382 e. The molecule has 2 aromatic carbocycles. The number of hydrogen-bond acceptors (Lipinski definition) is 3. The highest BCUT2D eigenvalue weighted by molar-refractivity contribution is 6.34. The van der Waals surface area contributed by atoms with Crippen LogP contribution in [0.15, 0.2) is 47.6 Å². The summed E-state index contributed by atoms with van der Waals surface area (Å²) in [7, 11) is 0. The van der Waals surface area contributed by atoms with E-state index in [1.165, 1.54) is 18.2 Å². The summed E-state index contributed by atoms with van der Waals surface area (Å²) < 4.78 is 51.5. The molecule has 0 saturated carbocycles. The highest BCUT2D eigenvalue weighted by atomic mass is 35.5. The monoisotopic (exact) mass is 386 g/mol. The van der Waals surface area contributed by atoms with Crippen LogP contribution in [0.1, 0.15) is 17.5 Å². The van der Waals surface area contributed by atoms with Crippen molar-refractivity contribution in [1.29, 1.82) is 0 Å². The van der Waals surface area contributed by atoms with Crippen molar-refractivity contribution in [3.05, 3.63) is 64.4 Å². The number of rotatable bonds is 3. The lowest BCUT2D eigenvalue weighted by Crippen LogP contribution is -2.28. The molecule has 4 nitrogen and oxygen atoms in total. The Morgan fingerprint density at radius 1 is 1.19 bits per heavy atom. The lowest BCUT2D eigenvalue weighted by molar-refractivity contribution is -0.137. The van der Waals surface area contributed by atoms with E-state index in [-0.39, 0.29) is 28.4 Å². The van der Waals surface area contributed by atoms with Gasteiger partial charge in [-0.2, -0.15) is 13.2 Å². The van der Waals surface area contributed by atoms with E-state index in [1.54, 1.807) is 0 Å². The third kappa shape index (κ3) is 3.80. The van der Waals surface area contributed by atoms with Crippen molar-refractivity contribution < 1.29 is 27.2 Å². The second-order valence-electron chi connectivity index (χ2n) is 5.50. The molecular formula is C17H11ClF4N2O2. The van der Waals surface area contributed by atoms with Crippen molar-refractivity contribution in [2.45, 2.75) is 18.7 Å². The van der Waals surface area contributed by atoms with Gasteiger partial charge in [0.2, 0.25) is 6.10 Å². The maximum atomic E-state index is 13.9. The highest BCUT2D eigenvalue weighted by Crippen LogP contribution is 2.30. The molecule has 0 aromatic heterocycles.